The Morgan fingerprint density at radius 3 is 1.19 bits per heavy atom. The zero-order chi connectivity index (χ0) is 36.9. The van der Waals surface area contributed by atoms with E-state index in [1.807, 2.05) is 76.2 Å². The molecule has 0 fully saturated rings. The molecule has 0 N–H and O–H groups in total. The molecule has 9 heteroatoms. The molecule has 0 aliphatic rings. The van der Waals surface area contributed by atoms with Crippen molar-refractivity contribution in [3.8, 4) is 22.5 Å². The van der Waals surface area contributed by atoms with Crippen molar-refractivity contribution in [2.45, 2.75) is 40.0 Å². The molecule has 0 bridgehead atoms. The van der Waals surface area contributed by atoms with Crippen LogP contribution in [0.25, 0.3) is 71.0 Å². The summed E-state index contributed by atoms with van der Waals surface area (Å²) < 4.78 is 94.3. The number of hydrogen-bond donors (Lipinski definition) is 0. The van der Waals surface area contributed by atoms with Crippen LogP contribution in [0.3, 0.4) is 0 Å². The van der Waals surface area contributed by atoms with Gasteiger partial charge in [0.25, 0.3) is 0 Å². The van der Waals surface area contributed by atoms with Crippen molar-refractivity contribution in [2.24, 2.45) is 0 Å². The lowest BCUT2D eigenvalue weighted by Gasteiger charge is -2.25. The van der Waals surface area contributed by atoms with E-state index in [2.05, 4.69) is 4.85 Å². The van der Waals surface area contributed by atoms with Crippen LogP contribution in [0, 0.1) is 34.3 Å². The summed E-state index contributed by atoms with van der Waals surface area (Å²) in [6.07, 6.45) is -9.83. The molecule has 0 saturated carbocycles. The number of aromatic nitrogens is 2. The summed E-state index contributed by atoms with van der Waals surface area (Å²) in [5, 5.41) is 2.95. The number of rotatable bonds is 3. The molecule has 2 heterocycles. The van der Waals surface area contributed by atoms with E-state index in [1.54, 1.807) is 33.4 Å². The molecule has 0 aliphatic heterocycles. The molecule has 0 saturated heterocycles. The molecule has 6 aromatic carbocycles. The van der Waals surface area contributed by atoms with E-state index in [4.69, 9.17) is 6.57 Å². The van der Waals surface area contributed by atoms with Gasteiger partial charge in [0.05, 0.1) is 51.1 Å². The van der Waals surface area contributed by atoms with Crippen LogP contribution in [0.4, 0.5) is 32.0 Å². The zero-order valence-electron chi connectivity index (χ0n) is 28.4. The maximum atomic E-state index is 15.2. The number of aryl methyl sites for hydroxylation is 4. The molecular formula is C43H29F6N3. The normalized spacial score (nSPS) is 12.4. The van der Waals surface area contributed by atoms with Gasteiger partial charge in [0.1, 0.15) is 0 Å². The van der Waals surface area contributed by atoms with Crippen LogP contribution < -0.4 is 0 Å². The number of benzene rings is 6. The van der Waals surface area contributed by atoms with Crippen molar-refractivity contribution < 1.29 is 26.3 Å². The predicted octanol–water partition coefficient (Wildman–Crippen LogP) is 13.4. The number of hydrogen-bond acceptors (Lipinski definition) is 0. The number of fused-ring (bicyclic) bond motifs is 6. The monoisotopic (exact) mass is 701 g/mol. The summed E-state index contributed by atoms with van der Waals surface area (Å²) in [5.41, 5.74) is 2.29. The molecule has 0 aliphatic carbocycles. The first-order valence-corrected chi connectivity index (χ1v) is 16.5. The quantitative estimate of drug-likeness (QED) is 0.129. The maximum Gasteiger partial charge on any atom is 0.416 e. The van der Waals surface area contributed by atoms with Gasteiger partial charge < -0.3 is 9.13 Å². The number of halogens is 6. The molecule has 8 rings (SSSR count). The van der Waals surface area contributed by atoms with Crippen molar-refractivity contribution >= 4 is 49.3 Å². The van der Waals surface area contributed by atoms with Gasteiger partial charge in [0.2, 0.25) is 0 Å². The Morgan fingerprint density at radius 1 is 0.481 bits per heavy atom. The van der Waals surface area contributed by atoms with Crippen LogP contribution in [0.5, 0.6) is 0 Å². The topological polar surface area (TPSA) is 14.2 Å². The lowest BCUT2D eigenvalue weighted by Crippen LogP contribution is -2.13. The van der Waals surface area contributed by atoms with Gasteiger partial charge in [0.15, 0.2) is 5.69 Å². The highest BCUT2D eigenvalue weighted by Crippen LogP contribution is 2.51. The van der Waals surface area contributed by atoms with E-state index in [-0.39, 0.29) is 22.6 Å². The van der Waals surface area contributed by atoms with E-state index in [0.29, 0.717) is 22.1 Å². The molecule has 0 radical (unpaired) electrons. The van der Waals surface area contributed by atoms with Crippen LogP contribution in [-0.2, 0) is 12.4 Å². The lowest BCUT2D eigenvalue weighted by atomic mass is 9.92. The summed E-state index contributed by atoms with van der Waals surface area (Å²) in [5.74, 6) is 0. The third-order valence-corrected chi connectivity index (χ3v) is 9.78. The van der Waals surface area contributed by atoms with E-state index < -0.39 is 29.0 Å². The highest BCUT2D eigenvalue weighted by Gasteiger charge is 2.39. The largest absolute Gasteiger partial charge is 0.416 e. The summed E-state index contributed by atoms with van der Waals surface area (Å²) >= 11 is 0. The van der Waals surface area contributed by atoms with Crippen LogP contribution in [0.1, 0.15) is 33.4 Å². The molecular weight excluding hydrogens is 672 g/mol. The fourth-order valence-corrected chi connectivity index (χ4v) is 7.54. The third kappa shape index (κ3) is 5.12. The molecule has 2 aromatic heterocycles. The zero-order valence-corrected chi connectivity index (χ0v) is 28.4. The fraction of sp³-hybridized carbons (Fsp3) is 0.140. The second kappa shape index (κ2) is 11.5. The van der Waals surface area contributed by atoms with Gasteiger partial charge in [-0.05, 0) is 88.4 Å². The fourth-order valence-electron chi connectivity index (χ4n) is 7.54. The Morgan fingerprint density at radius 2 is 0.865 bits per heavy atom. The Balaban J connectivity index is 1.69. The van der Waals surface area contributed by atoms with Crippen LogP contribution in [0.15, 0.2) is 103 Å². The van der Waals surface area contributed by atoms with Gasteiger partial charge in [-0.15, -0.1) is 0 Å². The highest BCUT2D eigenvalue weighted by molar-refractivity contribution is 6.13. The van der Waals surface area contributed by atoms with E-state index in [9.17, 15) is 0 Å². The van der Waals surface area contributed by atoms with Gasteiger partial charge in [-0.1, -0.05) is 64.7 Å². The smallest absolute Gasteiger partial charge is 0.309 e. The molecule has 258 valence electrons. The molecule has 52 heavy (non-hydrogen) atoms. The van der Waals surface area contributed by atoms with E-state index in [1.165, 1.54) is 6.07 Å². The van der Waals surface area contributed by atoms with Crippen LogP contribution in [-0.4, -0.2) is 9.13 Å². The van der Waals surface area contributed by atoms with Crippen molar-refractivity contribution in [3.05, 3.63) is 148 Å². The minimum absolute atomic E-state index is 0.131. The summed E-state index contributed by atoms with van der Waals surface area (Å²) in [6, 6.07) is 27.3. The van der Waals surface area contributed by atoms with Gasteiger partial charge >= 0.3 is 12.4 Å². The SMILES string of the molecule is [C-]#[N+]c1cccc(C(F)(F)F)c1-c1c(-n2c3ccc(C)cc3c3cc(C)ccc32)cc(C(F)(F)F)cc1-n1c2ccc(C)cc2c2cc(C)ccc21. The summed E-state index contributed by atoms with van der Waals surface area (Å²) in [6.45, 7) is 15.7. The Hall–Kier alpha value is -6.01. The first-order chi connectivity index (χ1) is 24.7. The van der Waals surface area contributed by atoms with Crippen molar-refractivity contribution in [2.75, 3.05) is 0 Å². The predicted molar refractivity (Wildman–Crippen MR) is 196 cm³/mol. The van der Waals surface area contributed by atoms with Gasteiger partial charge in [-0.3, -0.25) is 0 Å². The first-order valence-electron chi connectivity index (χ1n) is 16.5. The molecule has 0 amide bonds. The first kappa shape index (κ1) is 33.2. The Labute approximate surface area is 294 Å². The number of nitrogens with zero attached hydrogens (tertiary/aromatic N) is 3. The average Bonchev–Trinajstić information content (AvgIpc) is 3.57. The second-order valence-electron chi connectivity index (χ2n) is 13.4. The minimum Gasteiger partial charge on any atom is -0.309 e. The molecule has 0 atom stereocenters. The molecule has 3 nitrogen and oxygen atoms in total. The average molecular weight is 702 g/mol. The molecule has 8 aromatic rings. The third-order valence-electron chi connectivity index (χ3n) is 9.78. The van der Waals surface area contributed by atoms with Gasteiger partial charge in [-0.2, -0.15) is 26.3 Å². The standard InChI is InChI=1S/C43H29F6N3/c1-23-9-13-34-28(17-23)29-18-24(2)10-14-35(29)51(34)38-21-27(42(44,45)46)22-39(41(38)40-32(43(47,48)49)7-6-8-33(40)50-5)52-36-15-11-25(3)19-30(36)31-20-26(4)12-16-37(31)52/h6-22H,1-4H3. The van der Waals surface area contributed by atoms with E-state index in [0.717, 1.165) is 68.1 Å². The van der Waals surface area contributed by atoms with Crippen molar-refractivity contribution in [1.82, 2.24) is 9.13 Å². The van der Waals surface area contributed by atoms with Crippen LogP contribution >= 0.6 is 0 Å². The molecule has 0 unspecified atom stereocenters. The lowest BCUT2D eigenvalue weighted by molar-refractivity contribution is -0.138. The van der Waals surface area contributed by atoms with Gasteiger partial charge in [-0.25, -0.2) is 4.85 Å². The highest BCUT2D eigenvalue weighted by atomic mass is 19.4. The Kier molecular flexibility index (Phi) is 7.33. The molecule has 0 spiro atoms. The Bertz CT molecular complexity index is 2560. The summed E-state index contributed by atoms with van der Waals surface area (Å²) in [4.78, 5) is 3.54. The minimum atomic E-state index is -4.95. The second-order valence-corrected chi connectivity index (χ2v) is 13.4. The van der Waals surface area contributed by atoms with Crippen LogP contribution in [0.2, 0.25) is 0 Å². The van der Waals surface area contributed by atoms with Crippen molar-refractivity contribution in [3.63, 3.8) is 0 Å². The van der Waals surface area contributed by atoms with Gasteiger partial charge in [0, 0.05) is 32.7 Å². The summed E-state index contributed by atoms with van der Waals surface area (Å²) in [7, 11) is 0. The van der Waals surface area contributed by atoms with E-state index >= 15 is 26.3 Å². The number of alkyl halides is 6. The van der Waals surface area contributed by atoms with Crippen molar-refractivity contribution in [1.29, 1.82) is 0 Å². The maximum absolute atomic E-state index is 15.2.